The van der Waals surface area contributed by atoms with Crippen LogP contribution >= 0.6 is 0 Å². The zero-order valence-corrected chi connectivity index (χ0v) is 14.1. The average Bonchev–Trinajstić information content (AvgIpc) is 2.87. The van der Waals surface area contributed by atoms with E-state index in [-0.39, 0.29) is 36.1 Å². The number of amides is 3. The van der Waals surface area contributed by atoms with Crippen LogP contribution in [0.1, 0.15) is 25.8 Å². The molecule has 0 aliphatic carbocycles. The highest BCUT2D eigenvalue weighted by molar-refractivity contribution is 5.80. The van der Waals surface area contributed by atoms with Crippen LogP contribution in [0.5, 0.6) is 0 Å². The number of aromatic nitrogens is 1. The van der Waals surface area contributed by atoms with Crippen LogP contribution in [0.25, 0.3) is 0 Å². The van der Waals surface area contributed by atoms with Gasteiger partial charge in [-0.3, -0.25) is 9.78 Å². The summed E-state index contributed by atoms with van der Waals surface area (Å²) in [6.45, 7) is 5.32. The minimum atomic E-state index is -0.226. The fourth-order valence-electron chi connectivity index (χ4n) is 3.26. The Morgan fingerprint density at radius 3 is 2.96 bits per heavy atom. The summed E-state index contributed by atoms with van der Waals surface area (Å²) in [4.78, 5) is 30.4. The van der Waals surface area contributed by atoms with Crippen molar-refractivity contribution in [1.29, 1.82) is 0 Å². The first kappa shape index (κ1) is 16.7. The number of morpholine rings is 1. The molecule has 0 aromatic carbocycles. The van der Waals surface area contributed by atoms with Crippen LogP contribution < -0.4 is 10.6 Å². The van der Waals surface area contributed by atoms with E-state index in [4.69, 9.17) is 4.74 Å². The highest BCUT2D eigenvalue weighted by Gasteiger charge is 2.45. The minimum absolute atomic E-state index is 0.0162. The van der Waals surface area contributed by atoms with E-state index in [1.807, 2.05) is 26.0 Å². The summed E-state index contributed by atoms with van der Waals surface area (Å²) in [6, 6.07) is 3.78. The van der Waals surface area contributed by atoms with Gasteiger partial charge in [0.25, 0.3) is 0 Å². The van der Waals surface area contributed by atoms with Crippen molar-refractivity contribution in [2.75, 3.05) is 13.1 Å². The van der Waals surface area contributed by atoms with Crippen LogP contribution in [0, 0.1) is 5.92 Å². The van der Waals surface area contributed by atoms with Crippen LogP contribution in [-0.2, 0) is 16.1 Å². The number of nitrogens with one attached hydrogen (secondary N) is 2. The number of urea groups is 1. The molecule has 2 bridgehead atoms. The lowest BCUT2D eigenvalue weighted by molar-refractivity contribution is -0.127. The van der Waals surface area contributed by atoms with Gasteiger partial charge in [-0.05, 0) is 31.9 Å². The van der Waals surface area contributed by atoms with Crippen LogP contribution in [0.15, 0.2) is 24.5 Å². The Morgan fingerprint density at radius 2 is 2.25 bits per heavy atom. The standard InChI is InChI=1S/C17H24N4O3/c1-11(2)20-17(23)21-9-13-6-14(15(10-21)24-13)16(22)19-8-12-4-3-5-18-7-12/h3-5,7,11,13-15H,6,8-10H2,1-2H3,(H,19,22)(H,20,23)/t13-,14+,15-/m0/s1. The number of carbonyl (C=O) groups excluding carboxylic acids is 2. The number of rotatable bonds is 4. The number of nitrogens with zero attached hydrogens (tertiary/aromatic N) is 2. The molecule has 3 rings (SSSR count). The predicted octanol–water partition coefficient (Wildman–Crippen LogP) is 0.905. The van der Waals surface area contributed by atoms with Gasteiger partial charge in [-0.2, -0.15) is 0 Å². The molecular formula is C17H24N4O3. The Labute approximate surface area is 141 Å². The third kappa shape index (κ3) is 3.84. The third-order valence-electron chi connectivity index (χ3n) is 4.38. The maximum Gasteiger partial charge on any atom is 0.317 e. The summed E-state index contributed by atoms with van der Waals surface area (Å²) in [5.74, 6) is -0.221. The van der Waals surface area contributed by atoms with E-state index in [0.29, 0.717) is 26.1 Å². The lowest BCUT2D eigenvalue weighted by Crippen LogP contribution is -2.52. The van der Waals surface area contributed by atoms with Crippen LogP contribution in [0.3, 0.4) is 0 Å². The molecule has 0 spiro atoms. The van der Waals surface area contributed by atoms with E-state index in [1.54, 1.807) is 17.3 Å². The van der Waals surface area contributed by atoms with Gasteiger partial charge in [0.2, 0.25) is 5.91 Å². The van der Waals surface area contributed by atoms with Crippen molar-refractivity contribution in [2.24, 2.45) is 5.92 Å². The van der Waals surface area contributed by atoms with E-state index < -0.39 is 0 Å². The van der Waals surface area contributed by atoms with Gasteiger partial charge in [-0.25, -0.2) is 4.79 Å². The number of fused-ring (bicyclic) bond motifs is 2. The van der Waals surface area contributed by atoms with Crippen LogP contribution in [-0.4, -0.2) is 53.2 Å². The summed E-state index contributed by atoms with van der Waals surface area (Å²) in [5, 5.41) is 5.85. The summed E-state index contributed by atoms with van der Waals surface area (Å²) in [6.07, 6.45) is 3.82. The van der Waals surface area contributed by atoms with Crippen molar-refractivity contribution in [3.63, 3.8) is 0 Å². The zero-order chi connectivity index (χ0) is 17.1. The number of pyridine rings is 1. The molecule has 0 radical (unpaired) electrons. The van der Waals surface area contributed by atoms with E-state index in [1.165, 1.54) is 0 Å². The van der Waals surface area contributed by atoms with E-state index in [0.717, 1.165) is 5.56 Å². The maximum atomic E-state index is 12.5. The quantitative estimate of drug-likeness (QED) is 0.858. The van der Waals surface area contributed by atoms with Gasteiger partial charge in [0.15, 0.2) is 0 Å². The van der Waals surface area contributed by atoms with Crippen molar-refractivity contribution >= 4 is 11.9 Å². The molecule has 3 atom stereocenters. The summed E-state index contributed by atoms with van der Waals surface area (Å²) in [7, 11) is 0. The van der Waals surface area contributed by atoms with Gasteiger partial charge in [-0.15, -0.1) is 0 Å². The molecule has 7 nitrogen and oxygen atoms in total. The number of hydrogen-bond acceptors (Lipinski definition) is 4. The molecule has 1 aromatic heterocycles. The Morgan fingerprint density at radius 1 is 1.42 bits per heavy atom. The molecule has 2 fully saturated rings. The number of likely N-dealkylation sites (tertiary alicyclic amines) is 1. The first-order valence-corrected chi connectivity index (χ1v) is 8.40. The molecule has 1 aromatic rings. The fraction of sp³-hybridized carbons (Fsp3) is 0.588. The number of hydrogen-bond donors (Lipinski definition) is 2. The second-order valence-corrected chi connectivity index (χ2v) is 6.73. The molecule has 2 aliphatic heterocycles. The Bertz CT molecular complexity index is 593. The van der Waals surface area contributed by atoms with E-state index in [2.05, 4.69) is 15.6 Å². The first-order valence-electron chi connectivity index (χ1n) is 8.40. The average molecular weight is 332 g/mol. The topological polar surface area (TPSA) is 83.6 Å². The van der Waals surface area contributed by atoms with Crippen molar-refractivity contribution in [3.8, 4) is 0 Å². The van der Waals surface area contributed by atoms with Crippen molar-refractivity contribution in [1.82, 2.24) is 20.5 Å². The highest BCUT2D eigenvalue weighted by atomic mass is 16.5. The minimum Gasteiger partial charge on any atom is -0.370 e. The Balaban J connectivity index is 1.55. The van der Waals surface area contributed by atoms with Gasteiger partial charge >= 0.3 is 6.03 Å². The van der Waals surface area contributed by atoms with Gasteiger partial charge in [-0.1, -0.05) is 6.07 Å². The summed E-state index contributed by atoms with van der Waals surface area (Å²) >= 11 is 0. The molecule has 0 unspecified atom stereocenters. The van der Waals surface area contributed by atoms with Crippen molar-refractivity contribution in [3.05, 3.63) is 30.1 Å². The highest BCUT2D eigenvalue weighted by Crippen LogP contribution is 2.32. The molecule has 24 heavy (non-hydrogen) atoms. The molecule has 0 saturated carbocycles. The second kappa shape index (κ2) is 7.17. The number of carbonyl (C=O) groups is 2. The Hall–Kier alpha value is -2.15. The SMILES string of the molecule is CC(C)NC(=O)N1C[C@@H]2C[C@@H](C(=O)NCc3cccnc3)[C@H](C1)O2. The van der Waals surface area contributed by atoms with Crippen molar-refractivity contribution < 1.29 is 14.3 Å². The third-order valence-corrected chi connectivity index (χ3v) is 4.38. The molecular weight excluding hydrogens is 308 g/mol. The Kier molecular flexibility index (Phi) is 4.99. The second-order valence-electron chi connectivity index (χ2n) is 6.73. The molecule has 2 saturated heterocycles. The van der Waals surface area contributed by atoms with Crippen molar-refractivity contribution in [2.45, 2.75) is 45.1 Å². The predicted molar refractivity (Wildman–Crippen MR) is 88.1 cm³/mol. The normalized spacial score (nSPS) is 25.6. The first-order chi connectivity index (χ1) is 11.5. The number of ether oxygens (including phenoxy) is 1. The smallest absolute Gasteiger partial charge is 0.317 e. The van der Waals surface area contributed by atoms with Crippen LogP contribution in [0.4, 0.5) is 4.79 Å². The molecule has 2 aliphatic rings. The van der Waals surface area contributed by atoms with E-state index in [9.17, 15) is 9.59 Å². The summed E-state index contributed by atoms with van der Waals surface area (Å²) < 4.78 is 5.87. The molecule has 130 valence electrons. The van der Waals surface area contributed by atoms with Gasteiger partial charge < -0.3 is 20.3 Å². The molecule has 7 heteroatoms. The lowest BCUT2D eigenvalue weighted by atomic mass is 9.99. The summed E-state index contributed by atoms with van der Waals surface area (Å²) in [5.41, 5.74) is 0.964. The zero-order valence-electron chi connectivity index (χ0n) is 14.1. The van der Waals surface area contributed by atoms with Gasteiger partial charge in [0.05, 0.1) is 18.1 Å². The van der Waals surface area contributed by atoms with Crippen LogP contribution in [0.2, 0.25) is 0 Å². The fourth-order valence-corrected chi connectivity index (χ4v) is 3.26. The van der Waals surface area contributed by atoms with Gasteiger partial charge in [0, 0.05) is 38.1 Å². The molecule has 3 amide bonds. The van der Waals surface area contributed by atoms with E-state index >= 15 is 0 Å². The van der Waals surface area contributed by atoms with Gasteiger partial charge in [0.1, 0.15) is 0 Å². The monoisotopic (exact) mass is 332 g/mol. The maximum absolute atomic E-state index is 12.5. The molecule has 3 heterocycles. The molecule has 2 N–H and O–H groups in total. The largest absolute Gasteiger partial charge is 0.370 e. The lowest BCUT2D eigenvalue weighted by Gasteiger charge is -2.33.